The van der Waals surface area contributed by atoms with Crippen LogP contribution in [0, 0.1) is 5.82 Å². The number of carbonyl (C=O) groups is 2. The lowest BCUT2D eigenvalue weighted by Crippen LogP contribution is -2.52. The summed E-state index contributed by atoms with van der Waals surface area (Å²) in [4.78, 5) is 34.3. The summed E-state index contributed by atoms with van der Waals surface area (Å²) in [5.74, 6) is -3.05. The van der Waals surface area contributed by atoms with Crippen LogP contribution in [0.15, 0.2) is 60.8 Å². The first-order valence-corrected chi connectivity index (χ1v) is 13.8. The van der Waals surface area contributed by atoms with Gasteiger partial charge in [0.2, 0.25) is 11.5 Å². The van der Waals surface area contributed by atoms with Crippen LogP contribution in [0.25, 0.3) is 22.2 Å². The fourth-order valence-electron chi connectivity index (χ4n) is 5.05. The molecule has 0 unspecified atom stereocenters. The van der Waals surface area contributed by atoms with Crippen molar-refractivity contribution >= 4 is 22.7 Å². The molecule has 2 aromatic carbocycles. The zero-order valence-corrected chi connectivity index (χ0v) is 24.5. The van der Waals surface area contributed by atoms with Gasteiger partial charge in [0.05, 0.1) is 19.3 Å². The Labute approximate surface area is 261 Å². The average molecular weight is 667 g/mol. The lowest BCUT2D eigenvalue weighted by Gasteiger charge is -2.31. The van der Waals surface area contributed by atoms with Gasteiger partial charge in [-0.25, -0.2) is 9.37 Å². The number of alkyl halides is 6. The van der Waals surface area contributed by atoms with Crippen molar-refractivity contribution in [1.29, 1.82) is 0 Å². The number of benzene rings is 2. The molecule has 3 heterocycles. The fraction of sp³-hybridized carbons (Fsp3) is 0.290. The first-order valence-electron chi connectivity index (χ1n) is 13.8. The highest BCUT2D eigenvalue weighted by Gasteiger charge is 2.58. The highest BCUT2D eigenvalue weighted by atomic mass is 19.4. The fourth-order valence-corrected chi connectivity index (χ4v) is 5.05. The molecule has 248 valence electrons. The molecule has 0 radical (unpaired) electrons. The van der Waals surface area contributed by atoms with Crippen molar-refractivity contribution in [1.82, 2.24) is 20.6 Å². The Morgan fingerprint density at radius 1 is 1.02 bits per heavy atom. The number of rotatable bonds is 8. The van der Waals surface area contributed by atoms with Gasteiger partial charge in [0.15, 0.2) is 0 Å². The van der Waals surface area contributed by atoms with Crippen molar-refractivity contribution in [2.45, 2.75) is 30.3 Å². The third kappa shape index (κ3) is 6.37. The number of nitrogens with zero attached hydrogens (tertiary/aromatic N) is 2. The second-order valence-electron chi connectivity index (χ2n) is 11.0. The first-order chi connectivity index (χ1) is 22.0. The zero-order valence-electron chi connectivity index (χ0n) is 24.5. The van der Waals surface area contributed by atoms with Crippen molar-refractivity contribution in [3.8, 4) is 22.8 Å². The Morgan fingerprint density at radius 2 is 1.72 bits per heavy atom. The Kier molecular flexibility index (Phi) is 8.51. The molecule has 4 aromatic rings. The molecule has 0 spiro atoms. The maximum Gasteiger partial charge on any atom is 0.424 e. The van der Waals surface area contributed by atoms with Crippen LogP contribution in [-0.2, 0) is 15.8 Å². The minimum Gasteiger partial charge on any atom is -0.494 e. The topological polar surface area (TPSA) is 123 Å². The molecule has 1 aliphatic rings. The number of fused-ring (bicyclic) bond motifs is 2. The predicted octanol–water partition coefficient (Wildman–Crippen LogP) is 4.95. The van der Waals surface area contributed by atoms with E-state index in [2.05, 4.69) is 15.3 Å². The minimum atomic E-state index is -5.50. The zero-order chi connectivity index (χ0) is 34.4. The van der Waals surface area contributed by atoms with E-state index in [0.29, 0.717) is 17.0 Å². The number of nitrogens with one attached hydrogen (secondary N) is 2. The number of halogens is 7. The van der Waals surface area contributed by atoms with E-state index >= 15 is 0 Å². The summed E-state index contributed by atoms with van der Waals surface area (Å²) in [6.45, 7) is -2.65. The van der Waals surface area contributed by atoms with Crippen molar-refractivity contribution in [2.24, 2.45) is 0 Å². The van der Waals surface area contributed by atoms with Gasteiger partial charge in [-0.1, -0.05) is 6.07 Å². The van der Waals surface area contributed by atoms with Gasteiger partial charge in [0, 0.05) is 28.3 Å². The normalized spacial score (nSPS) is 17.4. The quantitative estimate of drug-likeness (QED) is 0.228. The first kappa shape index (κ1) is 33.4. The molecule has 0 aliphatic carbocycles. The third-order valence-corrected chi connectivity index (χ3v) is 7.69. The van der Waals surface area contributed by atoms with Gasteiger partial charge in [0.1, 0.15) is 47.1 Å². The summed E-state index contributed by atoms with van der Waals surface area (Å²) in [5, 5.41) is 15.5. The lowest BCUT2D eigenvalue weighted by molar-refractivity contribution is -0.265. The molecule has 0 bridgehead atoms. The standard InChI is InChI=1S/C31H25F7N4O5/c1-28(27(44)41-14-30(33,34)35)15-47-25-20(28)12-22(42-24(25)16-5-7-19(32)8-6-16)29(45,31(36,37)38)13-40-26(43)18-10-17-4-3-9-39-23(17)21(11-18)46-2/h3-12,45H,13-15H2,1-2H3,(H,40,43)(H,41,44)/t28-,29-/m0/s1. The molecular weight excluding hydrogens is 641 g/mol. The predicted molar refractivity (Wildman–Crippen MR) is 152 cm³/mol. The highest BCUT2D eigenvalue weighted by molar-refractivity contribution is 6.00. The maximum atomic E-state index is 14.8. The van der Waals surface area contributed by atoms with E-state index < -0.39 is 66.4 Å². The average Bonchev–Trinajstić information content (AvgIpc) is 3.38. The molecule has 2 aromatic heterocycles. The van der Waals surface area contributed by atoms with Crippen molar-refractivity contribution in [2.75, 3.05) is 26.8 Å². The summed E-state index contributed by atoms with van der Waals surface area (Å²) in [7, 11) is 1.31. The summed E-state index contributed by atoms with van der Waals surface area (Å²) in [6, 6.07) is 10.7. The maximum absolute atomic E-state index is 14.8. The molecule has 0 saturated carbocycles. The van der Waals surface area contributed by atoms with Gasteiger partial charge >= 0.3 is 12.4 Å². The number of aromatic nitrogens is 2. The number of hydrogen-bond acceptors (Lipinski definition) is 7. The van der Waals surface area contributed by atoms with Gasteiger partial charge in [-0.3, -0.25) is 14.6 Å². The van der Waals surface area contributed by atoms with Gasteiger partial charge < -0.3 is 25.2 Å². The second kappa shape index (κ2) is 12.0. The van der Waals surface area contributed by atoms with Gasteiger partial charge in [-0.2, -0.15) is 26.3 Å². The minimum absolute atomic E-state index is 0.00915. The van der Waals surface area contributed by atoms with E-state index in [9.17, 15) is 45.4 Å². The number of carbonyl (C=O) groups excluding carboxylic acids is 2. The number of amides is 2. The van der Waals surface area contributed by atoms with E-state index in [-0.39, 0.29) is 33.9 Å². The van der Waals surface area contributed by atoms with Gasteiger partial charge in [-0.15, -0.1) is 0 Å². The van der Waals surface area contributed by atoms with Gasteiger partial charge in [0.25, 0.3) is 5.91 Å². The molecule has 47 heavy (non-hydrogen) atoms. The van der Waals surface area contributed by atoms with Gasteiger partial charge in [-0.05, 0) is 55.5 Å². The molecule has 0 fully saturated rings. The molecular formula is C31H25F7N4O5. The molecule has 9 nitrogen and oxygen atoms in total. The van der Waals surface area contributed by atoms with E-state index in [0.717, 1.165) is 31.2 Å². The smallest absolute Gasteiger partial charge is 0.424 e. The molecule has 1 aliphatic heterocycles. The van der Waals surface area contributed by atoms with Crippen LogP contribution in [0.1, 0.15) is 28.5 Å². The molecule has 2 amide bonds. The molecule has 5 rings (SSSR count). The van der Waals surface area contributed by atoms with Crippen LogP contribution in [-0.4, -0.2) is 66.0 Å². The lowest BCUT2D eigenvalue weighted by atomic mass is 9.81. The van der Waals surface area contributed by atoms with Crippen molar-refractivity contribution in [3.05, 3.63) is 83.4 Å². The third-order valence-electron chi connectivity index (χ3n) is 7.69. The van der Waals surface area contributed by atoms with Crippen LogP contribution in [0.4, 0.5) is 30.7 Å². The molecule has 16 heteroatoms. The van der Waals surface area contributed by atoms with E-state index in [1.165, 1.54) is 25.4 Å². The van der Waals surface area contributed by atoms with Crippen LogP contribution in [0.5, 0.6) is 11.5 Å². The summed E-state index contributed by atoms with van der Waals surface area (Å²) >= 11 is 0. The van der Waals surface area contributed by atoms with Crippen LogP contribution >= 0.6 is 0 Å². The Hall–Kier alpha value is -4.99. The Morgan fingerprint density at radius 3 is 2.36 bits per heavy atom. The van der Waals surface area contributed by atoms with E-state index in [1.807, 2.05) is 0 Å². The van der Waals surface area contributed by atoms with Crippen LogP contribution in [0.3, 0.4) is 0 Å². The van der Waals surface area contributed by atoms with Crippen LogP contribution in [0.2, 0.25) is 0 Å². The number of methoxy groups -OCH3 is 1. The Bertz CT molecular complexity index is 1850. The highest BCUT2D eigenvalue weighted by Crippen LogP contribution is 2.48. The Balaban J connectivity index is 1.59. The van der Waals surface area contributed by atoms with Crippen molar-refractivity contribution < 1.29 is 54.9 Å². The summed E-state index contributed by atoms with van der Waals surface area (Å²) in [6.07, 6.45) is -8.81. The SMILES string of the molecule is COc1cc(C(=O)NC[C@](O)(c2cc3c(c(-c4ccc(F)cc4)n2)OC[C@]3(C)C(=O)NCC(F)(F)F)C(F)(F)F)cc2cccnc12. The number of hydrogen-bond donors (Lipinski definition) is 3. The van der Waals surface area contributed by atoms with E-state index in [1.54, 1.807) is 17.4 Å². The monoisotopic (exact) mass is 666 g/mol. The number of aliphatic hydroxyl groups is 1. The second-order valence-corrected chi connectivity index (χ2v) is 11.0. The molecule has 2 atom stereocenters. The number of ether oxygens (including phenoxy) is 2. The van der Waals surface area contributed by atoms with E-state index in [4.69, 9.17) is 9.47 Å². The molecule has 3 N–H and O–H groups in total. The largest absolute Gasteiger partial charge is 0.494 e. The number of pyridine rings is 2. The summed E-state index contributed by atoms with van der Waals surface area (Å²) in [5.41, 5.74) is -7.38. The van der Waals surface area contributed by atoms with Crippen molar-refractivity contribution in [3.63, 3.8) is 0 Å². The van der Waals surface area contributed by atoms with Crippen LogP contribution < -0.4 is 20.1 Å². The molecule has 0 saturated heterocycles. The summed E-state index contributed by atoms with van der Waals surface area (Å²) < 4.78 is 108.